The summed E-state index contributed by atoms with van der Waals surface area (Å²) in [6.07, 6.45) is 18.8. The lowest BCUT2D eigenvalue weighted by molar-refractivity contribution is -0.116. The molecule has 32 heavy (non-hydrogen) atoms. The van der Waals surface area contributed by atoms with Crippen LogP contribution >= 0.6 is 7.60 Å². The molecule has 184 valence electrons. The van der Waals surface area contributed by atoms with Gasteiger partial charge in [0.1, 0.15) is 5.75 Å². The molecule has 0 aliphatic carbocycles. The Morgan fingerprint density at radius 3 is 1.75 bits per heavy atom. The smallest absolute Gasteiger partial charge is 0.330 e. The second-order valence-electron chi connectivity index (χ2n) is 8.87. The third-order valence-electron chi connectivity index (χ3n) is 5.80. The standard InChI is InChI=1S/C25H44NO5P/c1-2-3-4-5-6-7-8-9-10-11-12-13-14-15-16-20-25(28)26-23-18-17-19-24(27)22(23)21-32(29,30)31/h17-19,27H,2-16,20-21H2,1H3,(H,26,28)(H2,29,30,31). The second kappa shape index (κ2) is 17.2. The van der Waals surface area contributed by atoms with E-state index in [4.69, 9.17) is 0 Å². The Balaban J connectivity index is 2.06. The summed E-state index contributed by atoms with van der Waals surface area (Å²) in [5.41, 5.74) is 0.338. The van der Waals surface area contributed by atoms with Gasteiger partial charge in [0.25, 0.3) is 0 Å². The summed E-state index contributed by atoms with van der Waals surface area (Å²) in [6, 6.07) is 4.45. The lowest BCUT2D eigenvalue weighted by Crippen LogP contribution is -2.12. The Bertz CT molecular complexity index is 689. The minimum absolute atomic E-state index is 0.0747. The second-order valence-corrected chi connectivity index (χ2v) is 10.5. The highest BCUT2D eigenvalue weighted by Gasteiger charge is 2.20. The van der Waals surface area contributed by atoms with Crippen molar-refractivity contribution < 1.29 is 24.3 Å². The number of aromatic hydroxyl groups is 1. The van der Waals surface area contributed by atoms with Crippen LogP contribution in [0.1, 0.15) is 115 Å². The average molecular weight is 470 g/mol. The Labute approximate surface area is 194 Å². The van der Waals surface area contributed by atoms with Crippen molar-refractivity contribution in [1.29, 1.82) is 0 Å². The van der Waals surface area contributed by atoms with Gasteiger partial charge in [0.05, 0.1) is 6.16 Å². The van der Waals surface area contributed by atoms with Crippen LogP contribution in [-0.4, -0.2) is 20.8 Å². The molecule has 4 N–H and O–H groups in total. The summed E-state index contributed by atoms with van der Waals surface area (Å²) < 4.78 is 11.3. The number of carbonyl (C=O) groups excluding carboxylic acids is 1. The molecule has 0 bridgehead atoms. The van der Waals surface area contributed by atoms with Crippen LogP contribution in [0.3, 0.4) is 0 Å². The highest BCUT2D eigenvalue weighted by Crippen LogP contribution is 2.43. The fraction of sp³-hybridized carbons (Fsp3) is 0.720. The number of benzene rings is 1. The molecule has 0 radical (unpaired) electrons. The van der Waals surface area contributed by atoms with Crippen LogP contribution in [0.15, 0.2) is 18.2 Å². The van der Waals surface area contributed by atoms with Crippen LogP contribution in [0.5, 0.6) is 5.75 Å². The molecular weight excluding hydrogens is 425 g/mol. The first-order valence-corrected chi connectivity index (χ1v) is 14.3. The van der Waals surface area contributed by atoms with Crippen molar-refractivity contribution >= 4 is 19.2 Å². The molecule has 1 rings (SSSR count). The van der Waals surface area contributed by atoms with Gasteiger partial charge in [0.15, 0.2) is 0 Å². The van der Waals surface area contributed by atoms with Crippen LogP contribution in [0, 0.1) is 0 Å². The molecule has 1 aromatic rings. The van der Waals surface area contributed by atoms with Gasteiger partial charge < -0.3 is 20.2 Å². The summed E-state index contributed by atoms with van der Waals surface area (Å²) in [7, 11) is -4.35. The molecule has 0 atom stereocenters. The molecule has 0 unspecified atom stereocenters. The first-order valence-electron chi connectivity index (χ1n) is 12.5. The number of phenolic OH excluding ortho intramolecular Hbond substituents is 1. The number of rotatable bonds is 19. The molecule has 0 aromatic heterocycles. The maximum Gasteiger partial charge on any atom is 0.330 e. The third kappa shape index (κ3) is 14.7. The Hall–Kier alpha value is -1.36. The summed E-state index contributed by atoms with van der Waals surface area (Å²) in [4.78, 5) is 30.6. The highest BCUT2D eigenvalue weighted by molar-refractivity contribution is 7.50. The molecule has 0 spiro atoms. The number of phenols is 1. The number of nitrogens with one attached hydrogen (secondary N) is 1. The van der Waals surface area contributed by atoms with E-state index in [2.05, 4.69) is 12.2 Å². The van der Waals surface area contributed by atoms with Crippen molar-refractivity contribution in [2.75, 3.05) is 5.32 Å². The van der Waals surface area contributed by atoms with Gasteiger partial charge in [-0.05, 0) is 18.6 Å². The zero-order chi connectivity index (χ0) is 23.7. The van der Waals surface area contributed by atoms with E-state index >= 15 is 0 Å². The number of unbranched alkanes of at least 4 members (excludes halogenated alkanes) is 14. The van der Waals surface area contributed by atoms with Crippen LogP contribution in [0.2, 0.25) is 0 Å². The van der Waals surface area contributed by atoms with E-state index in [1.807, 2.05) is 0 Å². The molecule has 0 heterocycles. The van der Waals surface area contributed by atoms with E-state index in [1.54, 1.807) is 12.1 Å². The van der Waals surface area contributed by atoms with E-state index in [1.165, 1.54) is 83.1 Å². The van der Waals surface area contributed by atoms with Gasteiger partial charge >= 0.3 is 7.60 Å². The van der Waals surface area contributed by atoms with E-state index in [-0.39, 0.29) is 22.9 Å². The lowest BCUT2D eigenvalue weighted by atomic mass is 10.0. The Morgan fingerprint density at radius 2 is 1.28 bits per heavy atom. The summed E-state index contributed by atoms with van der Waals surface area (Å²) in [5.74, 6) is -0.421. The van der Waals surface area contributed by atoms with E-state index < -0.39 is 13.8 Å². The van der Waals surface area contributed by atoms with Gasteiger partial charge in [-0.1, -0.05) is 103 Å². The maximum absolute atomic E-state index is 12.2. The van der Waals surface area contributed by atoms with Gasteiger partial charge in [-0.15, -0.1) is 0 Å². The van der Waals surface area contributed by atoms with Gasteiger partial charge in [-0.25, -0.2) is 0 Å². The molecule has 1 amide bonds. The lowest BCUT2D eigenvalue weighted by Gasteiger charge is -2.13. The molecule has 0 aliphatic rings. The molecule has 6 nitrogen and oxygen atoms in total. The molecule has 0 saturated carbocycles. The zero-order valence-corrected chi connectivity index (χ0v) is 20.8. The van der Waals surface area contributed by atoms with Gasteiger partial charge in [-0.3, -0.25) is 9.36 Å². The van der Waals surface area contributed by atoms with Crippen molar-refractivity contribution in [1.82, 2.24) is 0 Å². The topological polar surface area (TPSA) is 107 Å². The Morgan fingerprint density at radius 1 is 0.812 bits per heavy atom. The number of hydrogen-bond donors (Lipinski definition) is 4. The molecule has 0 saturated heterocycles. The minimum Gasteiger partial charge on any atom is -0.508 e. The number of amides is 1. The molecule has 7 heteroatoms. The largest absolute Gasteiger partial charge is 0.508 e. The molecule has 1 aromatic carbocycles. The van der Waals surface area contributed by atoms with Crippen molar-refractivity contribution in [3.05, 3.63) is 23.8 Å². The van der Waals surface area contributed by atoms with E-state index in [0.29, 0.717) is 6.42 Å². The van der Waals surface area contributed by atoms with Gasteiger partial charge in [0.2, 0.25) is 5.91 Å². The molecule has 0 fully saturated rings. The number of hydrogen-bond acceptors (Lipinski definition) is 3. The van der Waals surface area contributed by atoms with Crippen molar-refractivity contribution in [2.24, 2.45) is 0 Å². The fourth-order valence-corrected chi connectivity index (χ4v) is 4.68. The van der Waals surface area contributed by atoms with Gasteiger partial charge in [-0.2, -0.15) is 0 Å². The summed E-state index contributed by atoms with van der Waals surface area (Å²) in [5, 5.41) is 12.6. The molecule has 0 aliphatic heterocycles. The fourth-order valence-electron chi connectivity index (χ4n) is 3.93. The maximum atomic E-state index is 12.2. The molecular formula is C25H44NO5P. The van der Waals surface area contributed by atoms with Crippen LogP contribution in [-0.2, 0) is 15.5 Å². The third-order valence-corrected chi connectivity index (χ3v) is 6.53. The van der Waals surface area contributed by atoms with Crippen molar-refractivity contribution in [3.63, 3.8) is 0 Å². The Kier molecular flexibility index (Phi) is 15.4. The summed E-state index contributed by atoms with van der Waals surface area (Å²) >= 11 is 0. The monoisotopic (exact) mass is 469 g/mol. The average Bonchev–Trinajstić information content (AvgIpc) is 2.72. The van der Waals surface area contributed by atoms with E-state index in [0.717, 1.165) is 19.3 Å². The zero-order valence-electron chi connectivity index (χ0n) is 19.9. The SMILES string of the molecule is CCCCCCCCCCCCCCCCCC(=O)Nc1cccc(O)c1CP(=O)(O)O. The first-order chi connectivity index (χ1) is 15.3. The van der Waals surface area contributed by atoms with Crippen molar-refractivity contribution in [2.45, 2.75) is 116 Å². The predicted molar refractivity (Wildman–Crippen MR) is 132 cm³/mol. The number of anilines is 1. The number of carbonyl (C=O) groups is 1. The van der Waals surface area contributed by atoms with Gasteiger partial charge in [0, 0.05) is 17.7 Å². The van der Waals surface area contributed by atoms with E-state index in [9.17, 15) is 24.3 Å². The van der Waals surface area contributed by atoms with Crippen molar-refractivity contribution in [3.8, 4) is 5.75 Å². The van der Waals surface area contributed by atoms with Crippen LogP contribution in [0.25, 0.3) is 0 Å². The predicted octanol–water partition coefficient (Wildman–Crippen LogP) is 7.27. The van der Waals surface area contributed by atoms with Crippen LogP contribution in [0.4, 0.5) is 5.69 Å². The first kappa shape index (κ1) is 28.7. The minimum atomic E-state index is -4.35. The summed E-state index contributed by atoms with van der Waals surface area (Å²) in [6.45, 7) is 2.26. The highest BCUT2D eigenvalue weighted by atomic mass is 31.2. The van der Waals surface area contributed by atoms with Crippen LogP contribution < -0.4 is 5.32 Å². The quantitative estimate of drug-likeness (QED) is 0.126. The normalized spacial score (nSPS) is 11.6.